The molecule has 0 heterocycles. The van der Waals surface area contributed by atoms with Crippen molar-refractivity contribution in [1.29, 1.82) is 0 Å². The Hall–Kier alpha value is -1.51. The number of hydrogen-bond acceptors (Lipinski definition) is 2. The molecule has 1 saturated carbocycles. The van der Waals surface area contributed by atoms with Crippen molar-refractivity contribution < 1.29 is 4.79 Å². The van der Waals surface area contributed by atoms with Crippen LogP contribution in [0.1, 0.15) is 12.8 Å². The Bertz CT molecular complexity index is 314. The molecule has 0 bridgehead atoms. The molecule has 3 nitrogen and oxygen atoms in total. The van der Waals surface area contributed by atoms with Crippen LogP contribution >= 0.6 is 0 Å². The molecular formula is C10H12N2O. The van der Waals surface area contributed by atoms with Crippen LogP contribution in [-0.2, 0) is 4.79 Å². The van der Waals surface area contributed by atoms with Gasteiger partial charge in [0.15, 0.2) is 0 Å². The van der Waals surface area contributed by atoms with Crippen LogP contribution in [0.2, 0.25) is 0 Å². The largest absolute Gasteiger partial charge is 0.399 e. The third-order valence-corrected chi connectivity index (χ3v) is 2.13. The highest BCUT2D eigenvalue weighted by Gasteiger charge is 2.29. The molecule has 1 aromatic rings. The van der Waals surface area contributed by atoms with Gasteiger partial charge >= 0.3 is 0 Å². The van der Waals surface area contributed by atoms with Crippen LogP contribution in [-0.4, -0.2) is 5.91 Å². The summed E-state index contributed by atoms with van der Waals surface area (Å²) in [5, 5.41) is 2.84. The fourth-order valence-electron chi connectivity index (χ4n) is 1.16. The number of benzene rings is 1. The summed E-state index contributed by atoms with van der Waals surface area (Å²) in [7, 11) is 0. The molecule has 0 atom stereocenters. The van der Waals surface area contributed by atoms with E-state index in [1.165, 1.54) is 0 Å². The van der Waals surface area contributed by atoms with E-state index in [0.717, 1.165) is 18.5 Å². The second-order valence-electron chi connectivity index (χ2n) is 3.39. The van der Waals surface area contributed by atoms with Crippen molar-refractivity contribution in [3.8, 4) is 0 Å². The number of rotatable bonds is 2. The van der Waals surface area contributed by atoms with Crippen molar-refractivity contribution in [3.63, 3.8) is 0 Å². The average molecular weight is 176 g/mol. The van der Waals surface area contributed by atoms with Gasteiger partial charge < -0.3 is 11.1 Å². The molecule has 0 aliphatic heterocycles. The maximum atomic E-state index is 11.3. The molecule has 1 aliphatic rings. The van der Waals surface area contributed by atoms with E-state index in [2.05, 4.69) is 5.32 Å². The molecule has 3 N–H and O–H groups in total. The van der Waals surface area contributed by atoms with Crippen LogP contribution in [0.4, 0.5) is 11.4 Å². The van der Waals surface area contributed by atoms with Crippen LogP contribution in [0.3, 0.4) is 0 Å². The second-order valence-corrected chi connectivity index (χ2v) is 3.39. The lowest BCUT2D eigenvalue weighted by atomic mass is 10.2. The molecule has 3 heteroatoms. The maximum absolute atomic E-state index is 11.3. The number of nitrogens with two attached hydrogens (primary N) is 1. The Morgan fingerprint density at radius 3 is 2.46 bits per heavy atom. The average Bonchev–Trinajstić information content (AvgIpc) is 2.91. The smallest absolute Gasteiger partial charge is 0.227 e. The van der Waals surface area contributed by atoms with E-state index in [4.69, 9.17) is 5.73 Å². The minimum atomic E-state index is 0.129. The topological polar surface area (TPSA) is 55.1 Å². The fourth-order valence-corrected chi connectivity index (χ4v) is 1.16. The van der Waals surface area contributed by atoms with Crippen LogP contribution < -0.4 is 11.1 Å². The summed E-state index contributed by atoms with van der Waals surface area (Å²) in [5.74, 6) is 0.377. The molecule has 0 radical (unpaired) electrons. The third-order valence-electron chi connectivity index (χ3n) is 2.13. The first kappa shape index (κ1) is 8.10. The van der Waals surface area contributed by atoms with Gasteiger partial charge in [-0.15, -0.1) is 0 Å². The lowest BCUT2D eigenvalue weighted by Gasteiger charge is -2.03. The summed E-state index contributed by atoms with van der Waals surface area (Å²) < 4.78 is 0. The minimum Gasteiger partial charge on any atom is -0.399 e. The van der Waals surface area contributed by atoms with Gasteiger partial charge in [-0.2, -0.15) is 0 Å². The van der Waals surface area contributed by atoms with E-state index in [0.29, 0.717) is 5.69 Å². The quantitative estimate of drug-likeness (QED) is 0.673. The monoisotopic (exact) mass is 176 g/mol. The van der Waals surface area contributed by atoms with Crippen molar-refractivity contribution in [2.75, 3.05) is 11.1 Å². The first-order valence-corrected chi connectivity index (χ1v) is 4.42. The first-order valence-electron chi connectivity index (χ1n) is 4.42. The van der Waals surface area contributed by atoms with Gasteiger partial charge in [-0.25, -0.2) is 0 Å². The molecule has 68 valence electrons. The lowest BCUT2D eigenvalue weighted by molar-refractivity contribution is -0.117. The van der Waals surface area contributed by atoms with Crippen molar-refractivity contribution in [2.24, 2.45) is 5.92 Å². The summed E-state index contributed by atoms with van der Waals surface area (Å²) in [6.45, 7) is 0. The standard InChI is InChI=1S/C10H12N2O/c11-8-3-5-9(6-4-8)12-10(13)7-1-2-7/h3-7H,1-2,11H2,(H,12,13). The van der Waals surface area contributed by atoms with Gasteiger partial charge in [-0.3, -0.25) is 4.79 Å². The number of nitrogens with one attached hydrogen (secondary N) is 1. The van der Waals surface area contributed by atoms with Gasteiger partial charge in [-0.1, -0.05) is 0 Å². The number of amides is 1. The van der Waals surface area contributed by atoms with E-state index in [1.807, 2.05) is 12.1 Å². The predicted molar refractivity (Wildman–Crippen MR) is 52.2 cm³/mol. The van der Waals surface area contributed by atoms with Crippen molar-refractivity contribution in [3.05, 3.63) is 24.3 Å². The van der Waals surface area contributed by atoms with Crippen LogP contribution in [0.5, 0.6) is 0 Å². The number of carbonyl (C=O) groups excluding carboxylic acids is 1. The van der Waals surface area contributed by atoms with Gasteiger partial charge in [-0.05, 0) is 37.1 Å². The van der Waals surface area contributed by atoms with Gasteiger partial charge in [0.05, 0.1) is 0 Å². The van der Waals surface area contributed by atoms with E-state index < -0.39 is 0 Å². The van der Waals surface area contributed by atoms with Crippen molar-refractivity contribution >= 4 is 17.3 Å². The van der Waals surface area contributed by atoms with E-state index in [9.17, 15) is 4.79 Å². The molecule has 0 spiro atoms. The summed E-state index contributed by atoms with van der Waals surface area (Å²) in [4.78, 5) is 11.3. The summed E-state index contributed by atoms with van der Waals surface area (Å²) in [6.07, 6.45) is 2.06. The maximum Gasteiger partial charge on any atom is 0.227 e. The Morgan fingerprint density at radius 1 is 1.31 bits per heavy atom. The predicted octanol–water partition coefficient (Wildman–Crippen LogP) is 1.62. The molecule has 1 amide bonds. The lowest BCUT2D eigenvalue weighted by Crippen LogP contribution is -2.13. The summed E-state index contributed by atoms with van der Waals surface area (Å²) in [5.41, 5.74) is 7.05. The number of anilines is 2. The highest BCUT2D eigenvalue weighted by Crippen LogP contribution is 2.30. The molecule has 1 aliphatic carbocycles. The minimum absolute atomic E-state index is 0.129. The normalized spacial score (nSPS) is 15.4. The van der Waals surface area contributed by atoms with Crippen LogP contribution in [0, 0.1) is 5.92 Å². The number of hydrogen-bond donors (Lipinski definition) is 2. The van der Waals surface area contributed by atoms with Gasteiger partial charge in [0.25, 0.3) is 0 Å². The van der Waals surface area contributed by atoms with Crippen LogP contribution in [0.15, 0.2) is 24.3 Å². The van der Waals surface area contributed by atoms with E-state index in [1.54, 1.807) is 12.1 Å². The zero-order valence-electron chi connectivity index (χ0n) is 7.29. The highest BCUT2D eigenvalue weighted by molar-refractivity contribution is 5.94. The Balaban J connectivity index is 2.00. The summed E-state index contributed by atoms with van der Waals surface area (Å²) in [6, 6.07) is 7.19. The first-order chi connectivity index (χ1) is 6.25. The summed E-state index contributed by atoms with van der Waals surface area (Å²) >= 11 is 0. The molecule has 1 fully saturated rings. The van der Waals surface area contributed by atoms with E-state index in [-0.39, 0.29) is 11.8 Å². The Labute approximate surface area is 76.9 Å². The molecule has 13 heavy (non-hydrogen) atoms. The molecule has 0 unspecified atom stereocenters. The number of nitrogen functional groups attached to an aromatic ring is 1. The fraction of sp³-hybridized carbons (Fsp3) is 0.300. The van der Waals surface area contributed by atoms with Crippen LogP contribution in [0.25, 0.3) is 0 Å². The van der Waals surface area contributed by atoms with Gasteiger partial charge in [0, 0.05) is 17.3 Å². The molecular weight excluding hydrogens is 164 g/mol. The van der Waals surface area contributed by atoms with E-state index >= 15 is 0 Å². The zero-order valence-corrected chi connectivity index (χ0v) is 7.29. The Kier molecular flexibility index (Phi) is 1.93. The van der Waals surface area contributed by atoms with Gasteiger partial charge in [0.2, 0.25) is 5.91 Å². The van der Waals surface area contributed by atoms with Crippen molar-refractivity contribution in [1.82, 2.24) is 0 Å². The Morgan fingerprint density at radius 2 is 1.92 bits per heavy atom. The SMILES string of the molecule is Nc1ccc(NC(=O)C2CC2)cc1. The molecule has 0 aromatic heterocycles. The number of carbonyl (C=O) groups is 1. The highest BCUT2D eigenvalue weighted by atomic mass is 16.2. The molecule has 1 aromatic carbocycles. The van der Waals surface area contributed by atoms with Gasteiger partial charge in [0.1, 0.15) is 0 Å². The van der Waals surface area contributed by atoms with Crippen molar-refractivity contribution in [2.45, 2.75) is 12.8 Å². The second kappa shape index (κ2) is 3.09. The zero-order chi connectivity index (χ0) is 9.26. The third kappa shape index (κ3) is 1.99. The molecule has 2 rings (SSSR count). The molecule has 0 saturated heterocycles.